The predicted molar refractivity (Wildman–Crippen MR) is 113 cm³/mol. The second kappa shape index (κ2) is 10.1. The van der Waals surface area contributed by atoms with E-state index in [0.29, 0.717) is 0 Å². The first-order valence-electron chi connectivity index (χ1n) is 10.2. The number of hydrogen-bond donors (Lipinski definition) is 2. The molecule has 1 aliphatic rings. The van der Waals surface area contributed by atoms with Crippen molar-refractivity contribution in [1.82, 2.24) is 10.6 Å². The van der Waals surface area contributed by atoms with Crippen molar-refractivity contribution in [2.75, 3.05) is 40.0 Å². The molecule has 1 aromatic carbocycles. The van der Waals surface area contributed by atoms with Gasteiger partial charge in [-0.15, -0.1) is 0 Å². The molecule has 2 N–H and O–H groups in total. The summed E-state index contributed by atoms with van der Waals surface area (Å²) in [6.45, 7) is 12.6. The van der Waals surface area contributed by atoms with Crippen LogP contribution in [0.25, 0.3) is 0 Å². The first kappa shape index (κ1) is 21.7. The average molecular weight is 376 g/mol. The van der Waals surface area contributed by atoms with Gasteiger partial charge < -0.3 is 20.1 Å². The molecule has 0 amide bonds. The zero-order chi connectivity index (χ0) is 19.8. The summed E-state index contributed by atoms with van der Waals surface area (Å²) in [5.41, 5.74) is 2.50. The van der Waals surface area contributed by atoms with Crippen molar-refractivity contribution in [3.05, 3.63) is 35.4 Å². The van der Waals surface area contributed by atoms with Gasteiger partial charge in [0.05, 0.1) is 12.1 Å². The summed E-state index contributed by atoms with van der Waals surface area (Å²) in [5.74, 6) is 0.846. The van der Waals surface area contributed by atoms with Crippen LogP contribution in [0.2, 0.25) is 0 Å². The molecule has 0 aliphatic carbocycles. The van der Waals surface area contributed by atoms with Crippen molar-refractivity contribution in [3.8, 4) is 0 Å². The third kappa shape index (κ3) is 6.22. The van der Waals surface area contributed by atoms with Gasteiger partial charge in [0.15, 0.2) is 5.96 Å². The Balaban J connectivity index is 2.02. The predicted octanol–water partition coefficient (Wildman–Crippen LogP) is 3.28. The van der Waals surface area contributed by atoms with E-state index in [1.807, 2.05) is 0 Å². The first-order chi connectivity index (χ1) is 12.9. The summed E-state index contributed by atoms with van der Waals surface area (Å²) >= 11 is 0. The molecule has 1 aliphatic heterocycles. The fraction of sp³-hybridized carbons (Fsp3) is 0.682. The highest BCUT2D eigenvalue weighted by molar-refractivity contribution is 5.79. The highest BCUT2D eigenvalue weighted by Gasteiger charge is 2.32. The van der Waals surface area contributed by atoms with Crippen molar-refractivity contribution in [2.24, 2.45) is 4.99 Å². The molecule has 1 saturated heterocycles. The maximum atomic E-state index is 5.82. The van der Waals surface area contributed by atoms with Gasteiger partial charge in [-0.2, -0.15) is 0 Å². The first-order valence-corrected chi connectivity index (χ1v) is 10.2. The molecular weight excluding hydrogens is 338 g/mol. The highest BCUT2D eigenvalue weighted by atomic mass is 16.5. The summed E-state index contributed by atoms with van der Waals surface area (Å²) in [7, 11) is 1.79. The molecule has 0 aromatic heterocycles. The van der Waals surface area contributed by atoms with Gasteiger partial charge in [0, 0.05) is 51.7 Å². The van der Waals surface area contributed by atoms with E-state index < -0.39 is 0 Å². The number of rotatable bonds is 8. The molecule has 5 heteroatoms. The number of nitrogens with one attached hydrogen (secondary N) is 2. The topological polar surface area (TPSA) is 54.9 Å². The van der Waals surface area contributed by atoms with Crippen molar-refractivity contribution in [1.29, 1.82) is 0 Å². The van der Waals surface area contributed by atoms with Crippen LogP contribution in [-0.4, -0.2) is 51.5 Å². The normalized spacial score (nSPS) is 17.6. The number of guanidine groups is 1. The molecule has 0 spiro atoms. The van der Waals surface area contributed by atoms with Crippen LogP contribution < -0.4 is 10.6 Å². The van der Waals surface area contributed by atoms with Crippen molar-refractivity contribution in [3.63, 3.8) is 0 Å². The van der Waals surface area contributed by atoms with Crippen molar-refractivity contribution >= 4 is 5.96 Å². The number of methoxy groups -OCH3 is 1. The summed E-state index contributed by atoms with van der Waals surface area (Å²) < 4.78 is 11.3. The van der Waals surface area contributed by atoms with Gasteiger partial charge in [0.2, 0.25) is 0 Å². The van der Waals surface area contributed by atoms with Gasteiger partial charge in [0.1, 0.15) is 0 Å². The molecule has 1 fully saturated rings. The van der Waals surface area contributed by atoms with Crippen LogP contribution in [0.3, 0.4) is 0 Å². The van der Waals surface area contributed by atoms with E-state index >= 15 is 0 Å². The maximum absolute atomic E-state index is 5.82. The van der Waals surface area contributed by atoms with Gasteiger partial charge >= 0.3 is 0 Å². The maximum Gasteiger partial charge on any atom is 0.191 e. The fourth-order valence-corrected chi connectivity index (χ4v) is 3.34. The van der Waals surface area contributed by atoms with E-state index in [9.17, 15) is 0 Å². The van der Waals surface area contributed by atoms with Gasteiger partial charge in [-0.3, -0.25) is 4.99 Å². The monoisotopic (exact) mass is 375 g/mol. The SMILES string of the molecule is CCNC(=NCC(C)(C)c1ccc(CC)cc1)NCC1(OC)CCOCC1. The Morgan fingerprint density at radius 1 is 1.15 bits per heavy atom. The lowest BCUT2D eigenvalue weighted by Gasteiger charge is -2.36. The van der Waals surface area contributed by atoms with Crippen LogP contribution in [0, 0.1) is 0 Å². The van der Waals surface area contributed by atoms with Crippen LogP contribution in [0.4, 0.5) is 0 Å². The Morgan fingerprint density at radius 3 is 2.37 bits per heavy atom. The zero-order valence-electron chi connectivity index (χ0n) is 17.7. The van der Waals surface area contributed by atoms with Crippen LogP contribution in [-0.2, 0) is 21.3 Å². The number of aliphatic imine (C=N–C) groups is 1. The highest BCUT2D eigenvalue weighted by Crippen LogP contribution is 2.25. The lowest BCUT2D eigenvalue weighted by atomic mass is 9.84. The van der Waals surface area contributed by atoms with Crippen LogP contribution in [0.15, 0.2) is 29.3 Å². The average Bonchev–Trinajstić information content (AvgIpc) is 2.71. The van der Waals surface area contributed by atoms with Crippen LogP contribution >= 0.6 is 0 Å². The van der Waals surface area contributed by atoms with Crippen LogP contribution in [0.1, 0.15) is 51.7 Å². The Hall–Kier alpha value is -1.59. The van der Waals surface area contributed by atoms with E-state index in [2.05, 4.69) is 62.6 Å². The van der Waals surface area contributed by atoms with E-state index in [1.54, 1.807) is 7.11 Å². The fourth-order valence-electron chi connectivity index (χ4n) is 3.34. The number of benzene rings is 1. The lowest BCUT2D eigenvalue weighted by molar-refractivity contribution is -0.0855. The Kier molecular flexibility index (Phi) is 8.11. The molecule has 0 unspecified atom stereocenters. The molecule has 152 valence electrons. The lowest BCUT2D eigenvalue weighted by Crippen LogP contribution is -2.51. The minimum atomic E-state index is -0.167. The van der Waals surface area contributed by atoms with Gasteiger partial charge in [-0.1, -0.05) is 45.0 Å². The van der Waals surface area contributed by atoms with Gasteiger partial charge in [-0.05, 0) is 24.5 Å². The van der Waals surface area contributed by atoms with E-state index in [1.165, 1.54) is 11.1 Å². The Morgan fingerprint density at radius 2 is 1.81 bits per heavy atom. The number of hydrogen-bond acceptors (Lipinski definition) is 3. The second-order valence-electron chi connectivity index (χ2n) is 7.98. The molecule has 27 heavy (non-hydrogen) atoms. The summed E-state index contributed by atoms with van der Waals surface area (Å²) in [5, 5.41) is 6.84. The summed E-state index contributed by atoms with van der Waals surface area (Å²) in [6, 6.07) is 8.91. The number of aryl methyl sites for hydroxylation is 1. The minimum absolute atomic E-state index is 0.0216. The second-order valence-corrected chi connectivity index (χ2v) is 7.98. The molecule has 0 saturated carbocycles. The number of ether oxygens (including phenoxy) is 2. The summed E-state index contributed by atoms with van der Waals surface area (Å²) in [4.78, 5) is 4.86. The molecule has 0 atom stereocenters. The third-order valence-electron chi connectivity index (χ3n) is 5.54. The largest absolute Gasteiger partial charge is 0.381 e. The Bertz CT molecular complexity index is 590. The molecule has 1 aromatic rings. The van der Waals surface area contributed by atoms with Gasteiger partial charge in [-0.25, -0.2) is 0 Å². The molecule has 2 rings (SSSR count). The molecule has 0 radical (unpaired) electrons. The minimum Gasteiger partial charge on any atom is -0.381 e. The van der Waals surface area contributed by atoms with E-state index in [-0.39, 0.29) is 11.0 Å². The quantitative estimate of drug-likeness (QED) is 0.541. The van der Waals surface area contributed by atoms with Crippen molar-refractivity contribution in [2.45, 2.75) is 58.0 Å². The Labute approximate surface area is 164 Å². The number of nitrogens with zero attached hydrogens (tertiary/aromatic N) is 1. The van der Waals surface area contributed by atoms with E-state index in [4.69, 9.17) is 14.5 Å². The third-order valence-corrected chi connectivity index (χ3v) is 5.54. The van der Waals surface area contributed by atoms with Gasteiger partial charge in [0.25, 0.3) is 0 Å². The molecule has 5 nitrogen and oxygen atoms in total. The molecule has 1 heterocycles. The summed E-state index contributed by atoms with van der Waals surface area (Å²) in [6.07, 6.45) is 2.88. The van der Waals surface area contributed by atoms with Crippen molar-refractivity contribution < 1.29 is 9.47 Å². The molecular formula is C22H37N3O2. The smallest absolute Gasteiger partial charge is 0.191 e. The van der Waals surface area contributed by atoms with Crippen LogP contribution in [0.5, 0.6) is 0 Å². The molecule has 0 bridgehead atoms. The zero-order valence-corrected chi connectivity index (χ0v) is 17.7. The standard InChI is InChI=1S/C22H37N3O2/c1-6-18-8-10-19(11-9-18)21(3,4)16-24-20(23-7-2)25-17-22(26-5)12-14-27-15-13-22/h8-11H,6-7,12-17H2,1-5H3,(H2,23,24,25). The van der Waals surface area contributed by atoms with E-state index in [0.717, 1.165) is 58.1 Å².